The topological polar surface area (TPSA) is 142 Å². The molecule has 0 heterocycles. The lowest BCUT2D eigenvalue weighted by Crippen LogP contribution is -2.22. The third-order valence-corrected chi connectivity index (χ3v) is 3.16. The fourth-order valence-electron chi connectivity index (χ4n) is 1.45. The van der Waals surface area contributed by atoms with Gasteiger partial charge in [0.15, 0.2) is 0 Å². The Morgan fingerprint density at radius 1 is 1.52 bits per heavy atom. The summed E-state index contributed by atoms with van der Waals surface area (Å²) in [4.78, 5) is 21.3. The lowest BCUT2D eigenvalue weighted by atomic mass is 10.1. The van der Waals surface area contributed by atoms with E-state index in [1.165, 1.54) is 0 Å². The first-order valence-corrected chi connectivity index (χ1v) is 7.18. The second kappa shape index (κ2) is 6.45. The summed E-state index contributed by atoms with van der Waals surface area (Å²) in [5.74, 6) is -2.63. The van der Waals surface area contributed by atoms with Crippen molar-refractivity contribution in [3.05, 3.63) is 33.6 Å². The third kappa shape index (κ3) is 4.65. The summed E-state index contributed by atoms with van der Waals surface area (Å²) in [6.45, 7) is -0.244. The Kier molecular flexibility index (Phi) is 5.16. The van der Waals surface area contributed by atoms with Gasteiger partial charge in [-0.2, -0.15) is 0 Å². The van der Waals surface area contributed by atoms with E-state index in [0.29, 0.717) is 6.07 Å². The van der Waals surface area contributed by atoms with Crippen LogP contribution in [0.3, 0.4) is 0 Å². The summed E-state index contributed by atoms with van der Waals surface area (Å²) < 4.78 is 39.5. The lowest BCUT2D eigenvalue weighted by molar-refractivity contribution is -0.384. The van der Waals surface area contributed by atoms with Crippen molar-refractivity contribution in [2.24, 2.45) is 5.14 Å². The monoisotopic (exact) mass is 321 g/mol. The number of primary sulfonamides is 1. The van der Waals surface area contributed by atoms with Crippen molar-refractivity contribution in [3.63, 3.8) is 0 Å². The van der Waals surface area contributed by atoms with Crippen LogP contribution in [0, 0.1) is 15.9 Å². The van der Waals surface area contributed by atoms with Gasteiger partial charge in [-0.05, 0) is 6.07 Å². The van der Waals surface area contributed by atoms with Crippen LogP contribution >= 0.6 is 0 Å². The molecule has 0 saturated heterocycles. The molecule has 0 radical (unpaired) electrons. The highest BCUT2D eigenvalue weighted by Crippen LogP contribution is 2.28. The molecule has 0 saturated carbocycles. The lowest BCUT2D eigenvalue weighted by Gasteiger charge is -2.09. The van der Waals surface area contributed by atoms with Crippen LogP contribution in [0.1, 0.15) is 10.4 Å². The Bertz CT molecular complexity index is 676. The zero-order valence-corrected chi connectivity index (χ0v) is 11.6. The molecule has 0 spiro atoms. The first-order chi connectivity index (χ1) is 9.65. The number of nitro benzene ring substituents is 1. The summed E-state index contributed by atoms with van der Waals surface area (Å²) >= 11 is 0. The molecule has 11 heteroatoms. The van der Waals surface area contributed by atoms with Gasteiger partial charge in [0.1, 0.15) is 11.5 Å². The number of ether oxygens (including phenoxy) is 1. The van der Waals surface area contributed by atoms with Crippen LogP contribution in [-0.4, -0.2) is 38.7 Å². The number of halogens is 1. The van der Waals surface area contributed by atoms with E-state index in [1.54, 1.807) is 0 Å². The van der Waals surface area contributed by atoms with Gasteiger partial charge >= 0.3 is 5.97 Å². The van der Waals surface area contributed by atoms with Crippen LogP contribution in [-0.2, 0) is 14.8 Å². The molecular weight excluding hydrogens is 309 g/mol. The Morgan fingerprint density at radius 2 is 2.14 bits per heavy atom. The number of methoxy groups -OCH3 is 1. The number of nitrogens with one attached hydrogen (secondary N) is 1. The average molecular weight is 321 g/mol. The molecule has 0 fully saturated rings. The maximum absolute atomic E-state index is 13.6. The van der Waals surface area contributed by atoms with E-state index < -0.39 is 43.7 Å². The van der Waals surface area contributed by atoms with E-state index in [0.717, 1.165) is 13.2 Å². The van der Waals surface area contributed by atoms with Crippen LogP contribution < -0.4 is 10.5 Å². The number of carbonyl (C=O) groups is 1. The minimum atomic E-state index is -3.76. The highest BCUT2D eigenvalue weighted by molar-refractivity contribution is 7.89. The number of benzene rings is 1. The van der Waals surface area contributed by atoms with E-state index >= 15 is 0 Å². The van der Waals surface area contributed by atoms with Crippen LogP contribution in [0.25, 0.3) is 0 Å². The predicted octanol–water partition coefficient (Wildman–Crippen LogP) is 0.221. The molecule has 1 rings (SSSR count). The molecule has 0 aliphatic carbocycles. The smallest absolute Gasteiger partial charge is 0.340 e. The van der Waals surface area contributed by atoms with Gasteiger partial charge in [-0.1, -0.05) is 0 Å². The normalized spacial score (nSPS) is 11.0. The van der Waals surface area contributed by atoms with Crippen LogP contribution in [0.2, 0.25) is 0 Å². The highest BCUT2D eigenvalue weighted by Gasteiger charge is 2.22. The number of esters is 1. The van der Waals surface area contributed by atoms with Crippen LogP contribution in [0.5, 0.6) is 0 Å². The number of nitro groups is 1. The van der Waals surface area contributed by atoms with Gasteiger partial charge < -0.3 is 10.1 Å². The van der Waals surface area contributed by atoms with Gasteiger partial charge in [0, 0.05) is 6.54 Å². The Morgan fingerprint density at radius 3 is 2.62 bits per heavy atom. The molecule has 0 aliphatic rings. The average Bonchev–Trinajstić information content (AvgIpc) is 2.37. The standard InChI is InChI=1S/C10H12FN3O6S/c1-20-10(15)6-4-8(13-2-3-21(12,18)19)9(14(16)17)5-7(6)11/h4-5,13H,2-3H2,1H3,(H2,12,18,19). The summed E-state index contributed by atoms with van der Waals surface area (Å²) in [7, 11) is -2.74. The zero-order valence-electron chi connectivity index (χ0n) is 10.8. The first-order valence-electron chi connectivity index (χ1n) is 5.46. The second-order valence-corrected chi connectivity index (χ2v) is 5.63. The molecule has 116 valence electrons. The minimum absolute atomic E-state index is 0.217. The quantitative estimate of drug-likeness (QED) is 0.433. The molecule has 9 nitrogen and oxygen atoms in total. The molecule has 21 heavy (non-hydrogen) atoms. The van der Waals surface area contributed by atoms with Crippen LogP contribution in [0.4, 0.5) is 15.8 Å². The molecular formula is C10H12FN3O6S. The number of nitrogens with two attached hydrogens (primary N) is 1. The van der Waals surface area contributed by atoms with Crippen LogP contribution in [0.15, 0.2) is 12.1 Å². The maximum Gasteiger partial charge on any atom is 0.340 e. The van der Waals surface area contributed by atoms with Gasteiger partial charge in [-0.3, -0.25) is 10.1 Å². The Hall–Kier alpha value is -2.27. The summed E-state index contributed by atoms with van der Waals surface area (Å²) in [5.41, 5.74) is -1.37. The molecule has 0 unspecified atom stereocenters. The number of anilines is 1. The van der Waals surface area contributed by atoms with Gasteiger partial charge in [0.05, 0.1) is 29.4 Å². The molecule has 0 bridgehead atoms. The van der Waals surface area contributed by atoms with Gasteiger partial charge in [-0.15, -0.1) is 0 Å². The Balaban J connectivity index is 3.14. The van der Waals surface area contributed by atoms with Crippen molar-refractivity contribution < 1.29 is 27.3 Å². The van der Waals surface area contributed by atoms with Crippen molar-refractivity contribution in [1.82, 2.24) is 0 Å². The summed E-state index contributed by atoms with van der Waals surface area (Å²) in [6, 6.07) is 1.42. The predicted molar refractivity (Wildman–Crippen MR) is 70.9 cm³/mol. The van der Waals surface area contributed by atoms with Crippen molar-refractivity contribution in [2.45, 2.75) is 0 Å². The number of carbonyl (C=O) groups excluding carboxylic acids is 1. The van der Waals surface area contributed by atoms with E-state index in [1.807, 2.05) is 0 Å². The molecule has 0 amide bonds. The SMILES string of the molecule is COC(=O)c1cc(NCCS(N)(=O)=O)c([N+](=O)[O-])cc1F. The van der Waals surface area contributed by atoms with E-state index in [4.69, 9.17) is 5.14 Å². The molecule has 0 aliphatic heterocycles. The van der Waals surface area contributed by atoms with Crippen molar-refractivity contribution in [2.75, 3.05) is 24.7 Å². The minimum Gasteiger partial charge on any atom is -0.465 e. The fraction of sp³-hybridized carbons (Fsp3) is 0.300. The molecule has 0 aromatic heterocycles. The van der Waals surface area contributed by atoms with Crippen molar-refractivity contribution in [1.29, 1.82) is 0 Å². The fourth-order valence-corrected chi connectivity index (χ4v) is 1.84. The largest absolute Gasteiger partial charge is 0.465 e. The number of rotatable bonds is 6. The highest BCUT2D eigenvalue weighted by atomic mass is 32.2. The molecule has 3 N–H and O–H groups in total. The summed E-state index contributed by atoms with van der Waals surface area (Å²) in [5, 5.41) is 18.0. The number of hydrogen-bond donors (Lipinski definition) is 2. The third-order valence-electron chi connectivity index (χ3n) is 2.39. The van der Waals surface area contributed by atoms with E-state index in [9.17, 15) is 27.7 Å². The van der Waals surface area contributed by atoms with Gasteiger partial charge in [-0.25, -0.2) is 22.7 Å². The first kappa shape index (κ1) is 16.8. The summed E-state index contributed by atoms with van der Waals surface area (Å²) in [6.07, 6.45) is 0. The molecule has 1 aromatic carbocycles. The van der Waals surface area contributed by atoms with Gasteiger partial charge in [0.25, 0.3) is 5.69 Å². The zero-order chi connectivity index (χ0) is 16.2. The number of sulfonamides is 1. The van der Waals surface area contributed by atoms with E-state index in [2.05, 4.69) is 10.1 Å². The van der Waals surface area contributed by atoms with Crippen molar-refractivity contribution in [3.8, 4) is 0 Å². The van der Waals surface area contributed by atoms with Gasteiger partial charge in [0.2, 0.25) is 10.0 Å². The molecule has 0 atom stereocenters. The van der Waals surface area contributed by atoms with Crippen molar-refractivity contribution >= 4 is 27.4 Å². The Labute approximate surface area is 119 Å². The number of hydrogen-bond acceptors (Lipinski definition) is 7. The maximum atomic E-state index is 13.6. The molecule has 1 aromatic rings. The van der Waals surface area contributed by atoms with E-state index in [-0.39, 0.29) is 12.2 Å². The number of nitrogens with zero attached hydrogens (tertiary/aromatic N) is 1. The second-order valence-electron chi connectivity index (χ2n) is 3.89.